The third-order valence-electron chi connectivity index (χ3n) is 2.67. The quantitative estimate of drug-likeness (QED) is 0.514. The number of benzene rings is 2. The van der Waals surface area contributed by atoms with E-state index in [0.29, 0.717) is 6.29 Å². The van der Waals surface area contributed by atoms with Gasteiger partial charge in [0.2, 0.25) is 0 Å². The van der Waals surface area contributed by atoms with Crippen LogP contribution in [0, 0.1) is 10.1 Å². The van der Waals surface area contributed by atoms with Gasteiger partial charge in [0.1, 0.15) is 6.61 Å². The molecule has 0 atom stereocenters. The fraction of sp³-hybridized carbons (Fsp3) is 0.0714. The summed E-state index contributed by atoms with van der Waals surface area (Å²) in [6.07, 6.45) is 0.354. The summed E-state index contributed by atoms with van der Waals surface area (Å²) in [4.78, 5) is 20.8. The highest BCUT2D eigenvalue weighted by Gasteiger charge is 2.18. The van der Waals surface area contributed by atoms with Crippen LogP contribution in [0.1, 0.15) is 15.9 Å². The summed E-state index contributed by atoms with van der Waals surface area (Å²) in [6.45, 7) is 0.185. The molecule has 0 aliphatic heterocycles. The van der Waals surface area contributed by atoms with E-state index in [4.69, 9.17) is 4.74 Å². The van der Waals surface area contributed by atoms with Crippen molar-refractivity contribution in [3.8, 4) is 11.5 Å². The van der Waals surface area contributed by atoms with E-state index in [-0.39, 0.29) is 23.7 Å². The summed E-state index contributed by atoms with van der Waals surface area (Å²) in [5, 5.41) is 20.4. The molecule has 0 aromatic heterocycles. The first kappa shape index (κ1) is 13.5. The monoisotopic (exact) mass is 273 g/mol. The van der Waals surface area contributed by atoms with E-state index >= 15 is 0 Å². The van der Waals surface area contributed by atoms with Crippen LogP contribution in [0.2, 0.25) is 0 Å². The van der Waals surface area contributed by atoms with Crippen LogP contribution < -0.4 is 4.74 Å². The van der Waals surface area contributed by atoms with Crippen molar-refractivity contribution in [3.63, 3.8) is 0 Å². The Morgan fingerprint density at radius 2 is 1.95 bits per heavy atom. The zero-order valence-corrected chi connectivity index (χ0v) is 10.4. The maximum atomic E-state index is 10.8. The molecular formula is C14H11NO5. The number of phenols is 1. The highest BCUT2D eigenvalue weighted by Crippen LogP contribution is 2.33. The summed E-state index contributed by atoms with van der Waals surface area (Å²) in [7, 11) is 0. The van der Waals surface area contributed by atoms with Crippen LogP contribution in [0.4, 0.5) is 5.69 Å². The van der Waals surface area contributed by atoms with E-state index in [1.54, 1.807) is 0 Å². The molecule has 2 rings (SSSR count). The molecule has 0 spiro atoms. The molecule has 102 valence electrons. The largest absolute Gasteiger partial charge is 0.504 e. The summed E-state index contributed by atoms with van der Waals surface area (Å²) in [6, 6.07) is 11.3. The Bertz CT molecular complexity index is 640. The Kier molecular flexibility index (Phi) is 3.95. The SMILES string of the molecule is O=Cc1cc(OCc2ccccc2)c(O)cc1[N+](=O)[O-]. The Morgan fingerprint density at radius 3 is 2.55 bits per heavy atom. The van der Waals surface area contributed by atoms with Crippen LogP contribution >= 0.6 is 0 Å². The number of rotatable bonds is 5. The number of nitrogens with zero attached hydrogens (tertiary/aromatic N) is 1. The van der Waals surface area contributed by atoms with Crippen LogP contribution in [0.5, 0.6) is 11.5 Å². The van der Waals surface area contributed by atoms with E-state index < -0.39 is 10.6 Å². The lowest BCUT2D eigenvalue weighted by atomic mass is 10.1. The van der Waals surface area contributed by atoms with Crippen LogP contribution in [0.3, 0.4) is 0 Å². The van der Waals surface area contributed by atoms with Crippen LogP contribution in [-0.4, -0.2) is 16.3 Å². The number of hydrogen-bond acceptors (Lipinski definition) is 5. The van der Waals surface area contributed by atoms with E-state index in [0.717, 1.165) is 17.7 Å². The third-order valence-corrected chi connectivity index (χ3v) is 2.67. The lowest BCUT2D eigenvalue weighted by Gasteiger charge is -2.09. The van der Waals surface area contributed by atoms with Crippen molar-refractivity contribution in [2.24, 2.45) is 0 Å². The van der Waals surface area contributed by atoms with E-state index in [1.165, 1.54) is 0 Å². The number of hydrogen-bond donors (Lipinski definition) is 1. The average molecular weight is 273 g/mol. The number of nitro benzene ring substituents is 1. The van der Waals surface area contributed by atoms with Crippen LogP contribution in [0.15, 0.2) is 42.5 Å². The minimum atomic E-state index is -0.732. The summed E-state index contributed by atoms with van der Waals surface area (Å²) >= 11 is 0. The van der Waals surface area contributed by atoms with Gasteiger partial charge < -0.3 is 9.84 Å². The van der Waals surface area contributed by atoms with Gasteiger partial charge in [0.15, 0.2) is 17.8 Å². The Hall–Kier alpha value is -2.89. The predicted octanol–water partition coefficient (Wildman–Crippen LogP) is 2.69. The van der Waals surface area contributed by atoms with Gasteiger partial charge >= 0.3 is 0 Å². The topological polar surface area (TPSA) is 89.7 Å². The first-order valence-electron chi connectivity index (χ1n) is 5.75. The second kappa shape index (κ2) is 5.83. The van der Waals surface area contributed by atoms with Gasteiger partial charge in [0.05, 0.1) is 16.6 Å². The zero-order valence-electron chi connectivity index (χ0n) is 10.4. The minimum Gasteiger partial charge on any atom is -0.504 e. The molecule has 0 aliphatic rings. The van der Waals surface area contributed by atoms with Crippen molar-refractivity contribution < 1.29 is 19.6 Å². The number of carbonyl (C=O) groups excluding carboxylic acids is 1. The first-order chi connectivity index (χ1) is 9.61. The van der Waals surface area contributed by atoms with Gasteiger partial charge in [-0.3, -0.25) is 14.9 Å². The third kappa shape index (κ3) is 2.92. The van der Waals surface area contributed by atoms with Crippen molar-refractivity contribution in [3.05, 3.63) is 63.7 Å². The number of aldehydes is 1. The maximum absolute atomic E-state index is 10.8. The molecule has 0 amide bonds. The van der Waals surface area contributed by atoms with Gasteiger partial charge in [-0.1, -0.05) is 30.3 Å². The Morgan fingerprint density at radius 1 is 1.25 bits per heavy atom. The maximum Gasteiger partial charge on any atom is 0.283 e. The van der Waals surface area contributed by atoms with Crippen LogP contribution in [-0.2, 0) is 6.61 Å². The summed E-state index contributed by atoms with van der Waals surface area (Å²) < 4.78 is 5.37. The van der Waals surface area contributed by atoms with E-state index in [2.05, 4.69) is 0 Å². The summed E-state index contributed by atoms with van der Waals surface area (Å²) in [5.41, 5.74) is 0.276. The number of ether oxygens (including phenoxy) is 1. The normalized spacial score (nSPS) is 10.0. The van der Waals surface area contributed by atoms with Gasteiger partial charge in [0, 0.05) is 6.07 Å². The van der Waals surface area contributed by atoms with Crippen molar-refractivity contribution in [1.82, 2.24) is 0 Å². The van der Waals surface area contributed by atoms with Gasteiger partial charge in [-0.2, -0.15) is 0 Å². The fourth-order valence-electron chi connectivity index (χ4n) is 1.68. The molecule has 0 unspecified atom stereocenters. The number of aromatic hydroxyl groups is 1. The van der Waals surface area contributed by atoms with Gasteiger partial charge in [-0.15, -0.1) is 0 Å². The molecule has 2 aromatic rings. The van der Waals surface area contributed by atoms with Crippen molar-refractivity contribution in [2.75, 3.05) is 0 Å². The molecule has 0 aliphatic carbocycles. The van der Waals surface area contributed by atoms with Crippen molar-refractivity contribution >= 4 is 12.0 Å². The highest BCUT2D eigenvalue weighted by atomic mass is 16.6. The van der Waals surface area contributed by atoms with Crippen LogP contribution in [0.25, 0.3) is 0 Å². The molecule has 0 saturated carbocycles. The van der Waals surface area contributed by atoms with Gasteiger partial charge in [-0.25, -0.2) is 0 Å². The molecule has 2 aromatic carbocycles. The number of nitro groups is 1. The Labute approximate surface area is 114 Å². The predicted molar refractivity (Wildman–Crippen MR) is 70.9 cm³/mol. The molecule has 6 heteroatoms. The molecule has 0 bridgehead atoms. The number of carbonyl (C=O) groups is 1. The lowest BCUT2D eigenvalue weighted by Crippen LogP contribution is -1.99. The Balaban J connectivity index is 2.24. The first-order valence-corrected chi connectivity index (χ1v) is 5.75. The van der Waals surface area contributed by atoms with Crippen molar-refractivity contribution in [1.29, 1.82) is 0 Å². The van der Waals surface area contributed by atoms with Crippen molar-refractivity contribution in [2.45, 2.75) is 6.61 Å². The molecule has 0 radical (unpaired) electrons. The summed E-state index contributed by atoms with van der Waals surface area (Å²) in [5.74, 6) is -0.347. The fourth-order valence-corrected chi connectivity index (χ4v) is 1.68. The molecule has 6 nitrogen and oxygen atoms in total. The number of phenolic OH excluding ortho intramolecular Hbond substituents is 1. The minimum absolute atomic E-state index is 0.0292. The second-order valence-corrected chi connectivity index (χ2v) is 4.03. The molecule has 1 N–H and O–H groups in total. The highest BCUT2D eigenvalue weighted by molar-refractivity contribution is 5.83. The lowest BCUT2D eigenvalue weighted by molar-refractivity contribution is -0.385. The van der Waals surface area contributed by atoms with Gasteiger partial charge in [-0.05, 0) is 5.56 Å². The van der Waals surface area contributed by atoms with E-state index in [9.17, 15) is 20.0 Å². The molecule has 0 heterocycles. The zero-order chi connectivity index (χ0) is 14.5. The molecular weight excluding hydrogens is 262 g/mol. The molecule has 20 heavy (non-hydrogen) atoms. The second-order valence-electron chi connectivity index (χ2n) is 4.03. The smallest absolute Gasteiger partial charge is 0.283 e. The average Bonchev–Trinajstić information content (AvgIpc) is 2.46. The molecule has 0 fully saturated rings. The van der Waals surface area contributed by atoms with Gasteiger partial charge in [0.25, 0.3) is 5.69 Å². The standard InChI is InChI=1S/C14H11NO5/c16-8-11-6-14(13(17)7-12(11)15(18)19)20-9-10-4-2-1-3-5-10/h1-8,17H,9H2. The van der Waals surface area contributed by atoms with E-state index in [1.807, 2.05) is 30.3 Å². The molecule has 0 saturated heterocycles.